The standard InChI is InChI=1S/C9H16N2O2/c1-7(3-10)11-4-8(2)13-9(5-11)6-12/h7-9,12H,4-6H2,1-2H3. The zero-order valence-electron chi connectivity index (χ0n) is 8.10. The molecule has 1 aliphatic rings. The van der Waals surface area contributed by atoms with Gasteiger partial charge < -0.3 is 9.84 Å². The molecule has 0 aromatic carbocycles. The van der Waals surface area contributed by atoms with Crippen molar-refractivity contribution in [1.29, 1.82) is 5.26 Å². The Kier molecular flexibility index (Phi) is 3.67. The highest BCUT2D eigenvalue weighted by molar-refractivity contribution is 4.91. The van der Waals surface area contributed by atoms with Crippen LogP contribution in [0.2, 0.25) is 0 Å². The molecule has 1 fully saturated rings. The maximum atomic E-state index is 8.95. The third-order valence-electron chi connectivity index (χ3n) is 2.29. The lowest BCUT2D eigenvalue weighted by Crippen LogP contribution is -2.50. The topological polar surface area (TPSA) is 56.5 Å². The number of nitrogens with zero attached hydrogens (tertiary/aromatic N) is 2. The smallest absolute Gasteiger partial charge is 0.0951 e. The Hall–Kier alpha value is -0.630. The van der Waals surface area contributed by atoms with Crippen LogP contribution in [0.4, 0.5) is 0 Å². The van der Waals surface area contributed by atoms with Gasteiger partial charge in [0.15, 0.2) is 0 Å². The zero-order chi connectivity index (χ0) is 9.84. The number of morpholine rings is 1. The molecule has 0 aliphatic carbocycles. The second-order valence-corrected chi connectivity index (χ2v) is 3.51. The largest absolute Gasteiger partial charge is 0.394 e. The molecule has 74 valence electrons. The van der Waals surface area contributed by atoms with Crippen molar-refractivity contribution in [3.8, 4) is 6.07 Å². The van der Waals surface area contributed by atoms with Gasteiger partial charge in [-0.05, 0) is 13.8 Å². The molecule has 1 heterocycles. The first-order valence-corrected chi connectivity index (χ1v) is 4.57. The third-order valence-corrected chi connectivity index (χ3v) is 2.29. The van der Waals surface area contributed by atoms with E-state index in [0.29, 0.717) is 6.54 Å². The van der Waals surface area contributed by atoms with Crippen molar-refractivity contribution < 1.29 is 9.84 Å². The van der Waals surface area contributed by atoms with Gasteiger partial charge in [-0.3, -0.25) is 4.90 Å². The van der Waals surface area contributed by atoms with Crippen molar-refractivity contribution in [2.75, 3.05) is 19.7 Å². The van der Waals surface area contributed by atoms with Gasteiger partial charge in [0, 0.05) is 13.1 Å². The Morgan fingerprint density at radius 2 is 2.38 bits per heavy atom. The number of hydrogen-bond acceptors (Lipinski definition) is 4. The quantitative estimate of drug-likeness (QED) is 0.655. The molecule has 0 spiro atoms. The van der Waals surface area contributed by atoms with Crippen molar-refractivity contribution in [1.82, 2.24) is 4.90 Å². The molecule has 1 rings (SSSR count). The van der Waals surface area contributed by atoms with Crippen molar-refractivity contribution >= 4 is 0 Å². The highest BCUT2D eigenvalue weighted by atomic mass is 16.5. The Bertz CT molecular complexity index is 202. The highest BCUT2D eigenvalue weighted by Crippen LogP contribution is 2.12. The van der Waals surface area contributed by atoms with Crippen LogP contribution in [0.15, 0.2) is 0 Å². The average molecular weight is 184 g/mol. The summed E-state index contributed by atoms with van der Waals surface area (Å²) < 4.78 is 5.46. The third kappa shape index (κ3) is 2.66. The summed E-state index contributed by atoms with van der Waals surface area (Å²) in [6.07, 6.45) is -0.0405. The lowest BCUT2D eigenvalue weighted by atomic mass is 10.2. The number of aliphatic hydroxyl groups is 1. The molecule has 4 heteroatoms. The van der Waals surface area contributed by atoms with Crippen LogP contribution < -0.4 is 0 Å². The van der Waals surface area contributed by atoms with Crippen LogP contribution in [-0.4, -0.2) is 48.0 Å². The summed E-state index contributed by atoms with van der Waals surface area (Å²) in [6.45, 7) is 5.27. The van der Waals surface area contributed by atoms with E-state index < -0.39 is 0 Å². The second kappa shape index (κ2) is 4.56. The van der Waals surface area contributed by atoms with E-state index in [2.05, 4.69) is 6.07 Å². The first-order chi connectivity index (χ1) is 6.17. The number of hydrogen-bond donors (Lipinski definition) is 1. The van der Waals surface area contributed by atoms with E-state index in [-0.39, 0.29) is 24.9 Å². The van der Waals surface area contributed by atoms with E-state index in [9.17, 15) is 0 Å². The molecule has 1 N–H and O–H groups in total. The highest BCUT2D eigenvalue weighted by Gasteiger charge is 2.27. The number of rotatable bonds is 2. The maximum absolute atomic E-state index is 8.95. The van der Waals surface area contributed by atoms with E-state index >= 15 is 0 Å². The van der Waals surface area contributed by atoms with Crippen LogP contribution >= 0.6 is 0 Å². The van der Waals surface area contributed by atoms with Crippen LogP contribution in [0.5, 0.6) is 0 Å². The zero-order valence-corrected chi connectivity index (χ0v) is 8.10. The molecule has 4 nitrogen and oxygen atoms in total. The van der Waals surface area contributed by atoms with Crippen LogP contribution in [0.3, 0.4) is 0 Å². The van der Waals surface area contributed by atoms with Crippen molar-refractivity contribution in [2.45, 2.75) is 32.1 Å². The summed E-state index contributed by atoms with van der Waals surface area (Å²) in [4.78, 5) is 2.04. The van der Waals surface area contributed by atoms with Gasteiger partial charge in [0.05, 0.1) is 30.9 Å². The molecule has 0 aromatic rings. The summed E-state index contributed by atoms with van der Waals surface area (Å²) in [5, 5.41) is 17.7. The number of ether oxygens (including phenoxy) is 1. The van der Waals surface area contributed by atoms with Crippen molar-refractivity contribution in [3.63, 3.8) is 0 Å². The monoisotopic (exact) mass is 184 g/mol. The fraction of sp³-hybridized carbons (Fsp3) is 0.889. The number of nitriles is 1. The van der Waals surface area contributed by atoms with Gasteiger partial charge in [-0.25, -0.2) is 0 Å². The van der Waals surface area contributed by atoms with E-state index in [1.165, 1.54) is 0 Å². The van der Waals surface area contributed by atoms with Crippen molar-refractivity contribution in [3.05, 3.63) is 0 Å². The summed E-state index contributed by atoms with van der Waals surface area (Å²) in [6, 6.07) is 2.09. The van der Waals surface area contributed by atoms with Crippen LogP contribution in [0.1, 0.15) is 13.8 Å². The lowest BCUT2D eigenvalue weighted by Gasteiger charge is -2.37. The fourth-order valence-electron chi connectivity index (χ4n) is 1.58. The molecule has 0 saturated carbocycles. The van der Waals surface area contributed by atoms with Gasteiger partial charge in [-0.2, -0.15) is 5.26 Å². The lowest BCUT2D eigenvalue weighted by molar-refractivity contribution is -0.0991. The van der Waals surface area contributed by atoms with Gasteiger partial charge >= 0.3 is 0 Å². The summed E-state index contributed by atoms with van der Waals surface area (Å²) in [7, 11) is 0. The average Bonchev–Trinajstić information content (AvgIpc) is 2.15. The summed E-state index contributed by atoms with van der Waals surface area (Å²) in [5.41, 5.74) is 0. The molecule has 0 radical (unpaired) electrons. The molecular formula is C9H16N2O2. The van der Waals surface area contributed by atoms with Crippen LogP contribution in [0.25, 0.3) is 0 Å². The molecule has 0 bridgehead atoms. The first-order valence-electron chi connectivity index (χ1n) is 4.57. The van der Waals surface area contributed by atoms with E-state index in [4.69, 9.17) is 15.1 Å². The Labute approximate surface area is 78.7 Å². The maximum Gasteiger partial charge on any atom is 0.0951 e. The summed E-state index contributed by atoms with van der Waals surface area (Å²) in [5.74, 6) is 0. The Balaban J connectivity index is 2.52. The molecule has 0 aromatic heterocycles. The second-order valence-electron chi connectivity index (χ2n) is 3.51. The predicted octanol–water partition coefficient (Wildman–Crippen LogP) is -0.0199. The van der Waals surface area contributed by atoms with Gasteiger partial charge in [0.25, 0.3) is 0 Å². The molecule has 3 atom stereocenters. The van der Waals surface area contributed by atoms with E-state index in [0.717, 1.165) is 6.54 Å². The first kappa shape index (κ1) is 10.5. The normalized spacial score (nSPS) is 32.5. The van der Waals surface area contributed by atoms with Gasteiger partial charge in [-0.15, -0.1) is 0 Å². The van der Waals surface area contributed by atoms with Crippen LogP contribution in [-0.2, 0) is 4.74 Å². The van der Waals surface area contributed by atoms with Gasteiger partial charge in [-0.1, -0.05) is 0 Å². The molecule has 1 aliphatic heterocycles. The van der Waals surface area contributed by atoms with Crippen LogP contribution in [0, 0.1) is 11.3 Å². The minimum atomic E-state index is -0.139. The Morgan fingerprint density at radius 3 is 2.92 bits per heavy atom. The van der Waals surface area contributed by atoms with E-state index in [1.807, 2.05) is 18.7 Å². The van der Waals surface area contributed by atoms with Gasteiger partial charge in [0.1, 0.15) is 0 Å². The summed E-state index contributed by atoms with van der Waals surface area (Å²) >= 11 is 0. The van der Waals surface area contributed by atoms with E-state index in [1.54, 1.807) is 0 Å². The predicted molar refractivity (Wildman–Crippen MR) is 48.1 cm³/mol. The molecule has 1 saturated heterocycles. The SMILES string of the molecule is CC1CN(C(C)C#N)CC(CO)O1. The Morgan fingerprint density at radius 1 is 1.69 bits per heavy atom. The van der Waals surface area contributed by atoms with Gasteiger partial charge in [0.2, 0.25) is 0 Å². The molecule has 13 heavy (non-hydrogen) atoms. The minimum Gasteiger partial charge on any atom is -0.394 e. The van der Waals surface area contributed by atoms with Crippen molar-refractivity contribution in [2.24, 2.45) is 0 Å². The number of aliphatic hydroxyl groups excluding tert-OH is 1. The molecule has 0 amide bonds. The molecule has 3 unspecified atom stereocenters. The molecular weight excluding hydrogens is 168 g/mol. The minimum absolute atomic E-state index is 0.0268. The fourth-order valence-corrected chi connectivity index (χ4v) is 1.58.